The summed E-state index contributed by atoms with van der Waals surface area (Å²) in [6.45, 7) is 2.54. The highest BCUT2D eigenvalue weighted by Crippen LogP contribution is 2.46. The summed E-state index contributed by atoms with van der Waals surface area (Å²) in [5.74, 6) is -0.0310. The van der Waals surface area contributed by atoms with Gasteiger partial charge < -0.3 is 24.5 Å². The molecule has 234 valence electrons. The summed E-state index contributed by atoms with van der Waals surface area (Å²) in [5.41, 5.74) is 1.13. The van der Waals surface area contributed by atoms with E-state index in [1.807, 2.05) is 36.4 Å². The van der Waals surface area contributed by atoms with E-state index in [9.17, 15) is 20.1 Å². The van der Waals surface area contributed by atoms with Crippen LogP contribution in [0.25, 0.3) is 22.1 Å². The maximum Gasteiger partial charge on any atom is 0.287 e. The average Bonchev–Trinajstić information content (AvgIpc) is 3.69. The van der Waals surface area contributed by atoms with Crippen molar-refractivity contribution in [3.05, 3.63) is 53.8 Å². The number of amides is 2. The van der Waals surface area contributed by atoms with Gasteiger partial charge in [0.2, 0.25) is 5.91 Å². The number of fused-ring (bicyclic) bond motifs is 1. The van der Waals surface area contributed by atoms with Gasteiger partial charge in [-0.05, 0) is 67.9 Å². The molecule has 1 unspecified atom stereocenters. The number of morpholine rings is 1. The summed E-state index contributed by atoms with van der Waals surface area (Å²) >= 11 is 4.81. The number of alkyl halides is 2. The molecule has 3 fully saturated rings. The van der Waals surface area contributed by atoms with Gasteiger partial charge in [0, 0.05) is 24.0 Å². The van der Waals surface area contributed by atoms with E-state index in [2.05, 4.69) is 72.9 Å². The third-order valence-electron chi connectivity index (χ3n) is 9.08. The van der Waals surface area contributed by atoms with E-state index >= 15 is 0 Å². The second-order valence-electron chi connectivity index (χ2n) is 12.0. The number of carbonyl (C=O) groups is 2. The van der Waals surface area contributed by atoms with Crippen LogP contribution in [0.5, 0.6) is 5.75 Å². The van der Waals surface area contributed by atoms with Gasteiger partial charge in [-0.3, -0.25) is 14.5 Å². The molecule has 0 bridgehead atoms. The van der Waals surface area contributed by atoms with Crippen molar-refractivity contribution in [1.82, 2.24) is 15.5 Å². The minimum absolute atomic E-state index is 0.00516. The van der Waals surface area contributed by atoms with E-state index in [4.69, 9.17) is 13.9 Å². The number of nitriles is 2. The van der Waals surface area contributed by atoms with E-state index in [1.165, 1.54) is 0 Å². The molecule has 0 radical (unpaired) electrons. The lowest BCUT2D eigenvalue weighted by Crippen LogP contribution is -2.62. The van der Waals surface area contributed by atoms with Gasteiger partial charge in [0.25, 0.3) is 5.91 Å². The van der Waals surface area contributed by atoms with Gasteiger partial charge in [0.05, 0.1) is 33.9 Å². The van der Waals surface area contributed by atoms with Crippen molar-refractivity contribution >= 4 is 68.0 Å². The number of carbonyl (C=O) groups excluding carboxylic acids is 2. The highest BCUT2D eigenvalue weighted by Gasteiger charge is 2.52. The smallest absolute Gasteiger partial charge is 0.287 e. The van der Waals surface area contributed by atoms with Crippen LogP contribution in [0.4, 0.5) is 0 Å². The van der Waals surface area contributed by atoms with Gasteiger partial charge in [0.15, 0.2) is 5.76 Å². The predicted octanol–water partition coefficient (Wildman–Crippen LogP) is 5.79. The highest BCUT2D eigenvalue weighted by atomic mass is 127. The number of methoxy groups -OCH3 is 1. The van der Waals surface area contributed by atoms with Gasteiger partial charge in [-0.25, -0.2) is 0 Å². The fourth-order valence-corrected chi connectivity index (χ4v) is 7.16. The molecule has 12 heteroatoms. The molecule has 2 N–H and O–H groups in total. The van der Waals surface area contributed by atoms with Crippen LogP contribution in [0.3, 0.4) is 0 Å². The van der Waals surface area contributed by atoms with Crippen LogP contribution in [-0.2, 0) is 9.53 Å². The van der Waals surface area contributed by atoms with Gasteiger partial charge in [-0.15, -0.1) is 0 Å². The molecule has 2 saturated carbocycles. The minimum atomic E-state index is -1.12. The molecular formula is C33H33I2N5O5. The van der Waals surface area contributed by atoms with E-state index in [1.54, 1.807) is 13.2 Å². The van der Waals surface area contributed by atoms with E-state index in [0.29, 0.717) is 63.3 Å². The number of nitrogens with one attached hydrogen (secondary N) is 2. The maximum absolute atomic E-state index is 13.6. The fraction of sp³-hybridized carbons (Fsp3) is 0.455. The predicted molar refractivity (Wildman–Crippen MR) is 184 cm³/mol. The van der Waals surface area contributed by atoms with E-state index in [0.717, 1.165) is 34.9 Å². The van der Waals surface area contributed by atoms with Crippen LogP contribution in [0.1, 0.15) is 60.7 Å². The van der Waals surface area contributed by atoms with Gasteiger partial charge in [0.1, 0.15) is 28.5 Å². The first-order valence-corrected chi connectivity index (χ1v) is 17.1. The van der Waals surface area contributed by atoms with Crippen molar-refractivity contribution in [2.45, 2.75) is 57.1 Å². The Bertz CT molecular complexity index is 1700. The van der Waals surface area contributed by atoms with Crippen molar-refractivity contribution in [3.8, 4) is 29.0 Å². The Balaban J connectivity index is 1.24. The second-order valence-corrected chi connectivity index (χ2v) is 18.2. The maximum atomic E-state index is 13.6. The molecule has 10 nitrogen and oxygen atoms in total. The molecule has 1 saturated heterocycles. The topological polar surface area (TPSA) is 141 Å². The fourth-order valence-electron chi connectivity index (χ4n) is 6.08. The zero-order valence-electron chi connectivity index (χ0n) is 24.8. The standard InChI is InChI=1S/C33H33I2N5O5/c1-43-27-17-22(4-5-24(27)25(19-36)40-12-14-44-15-13-40)21-2-3-23-18-28(45-26(23)16-21)29(41)38-32(8-10-33(34,35)11-9-32)30(42)39-31(20-37)6-7-31/h2-5,16-18,25H,6-15H2,1H3,(H,38,41)(H,39,42). The summed E-state index contributed by atoms with van der Waals surface area (Å²) in [6, 6.07) is 17.4. The molecule has 2 aliphatic carbocycles. The van der Waals surface area contributed by atoms with Crippen LogP contribution < -0.4 is 15.4 Å². The van der Waals surface area contributed by atoms with E-state index in [-0.39, 0.29) is 13.1 Å². The molecule has 45 heavy (non-hydrogen) atoms. The largest absolute Gasteiger partial charge is 0.496 e. The lowest BCUT2D eigenvalue weighted by atomic mass is 9.80. The Morgan fingerprint density at radius 2 is 1.64 bits per heavy atom. The number of hydrogen-bond donors (Lipinski definition) is 2. The SMILES string of the molecule is COc1cc(-c2ccc3cc(C(=O)NC4(C(=O)NC5(C#N)CC5)CCC(I)(I)CC4)oc3c2)ccc1C(C#N)N1CCOCC1. The number of furan rings is 1. The van der Waals surface area contributed by atoms with Crippen molar-refractivity contribution < 1.29 is 23.5 Å². The molecule has 2 amide bonds. The zero-order valence-corrected chi connectivity index (χ0v) is 29.1. The molecule has 6 rings (SSSR count). The molecule has 2 aromatic carbocycles. The summed E-state index contributed by atoms with van der Waals surface area (Å²) in [7, 11) is 1.60. The molecular weight excluding hydrogens is 800 g/mol. The molecule has 3 aromatic rings. The number of benzene rings is 2. The van der Waals surface area contributed by atoms with Gasteiger partial charge in [-0.1, -0.05) is 69.4 Å². The second kappa shape index (κ2) is 12.7. The first-order chi connectivity index (χ1) is 21.6. The summed E-state index contributed by atoms with van der Waals surface area (Å²) in [6.07, 6.45) is 3.67. The number of nitrogens with zero attached hydrogens (tertiary/aromatic N) is 3. The molecule has 1 atom stereocenters. The summed E-state index contributed by atoms with van der Waals surface area (Å²) < 4.78 is 17.2. The monoisotopic (exact) mass is 833 g/mol. The number of rotatable bonds is 8. The van der Waals surface area contributed by atoms with Crippen LogP contribution >= 0.6 is 45.2 Å². The van der Waals surface area contributed by atoms with Crippen LogP contribution in [-0.4, -0.2) is 62.6 Å². The van der Waals surface area contributed by atoms with E-state index < -0.39 is 23.0 Å². The molecule has 2 heterocycles. The van der Waals surface area contributed by atoms with Crippen molar-refractivity contribution in [3.63, 3.8) is 0 Å². The molecule has 1 aliphatic heterocycles. The molecule has 0 spiro atoms. The van der Waals surface area contributed by atoms with Crippen LogP contribution in [0.15, 0.2) is 46.9 Å². The van der Waals surface area contributed by atoms with Gasteiger partial charge in [-0.2, -0.15) is 10.5 Å². The van der Waals surface area contributed by atoms with Crippen LogP contribution in [0, 0.1) is 22.7 Å². The van der Waals surface area contributed by atoms with Crippen LogP contribution in [0.2, 0.25) is 0 Å². The highest BCUT2D eigenvalue weighted by molar-refractivity contribution is 14.2. The minimum Gasteiger partial charge on any atom is -0.496 e. The summed E-state index contributed by atoms with van der Waals surface area (Å²) in [5, 5.41) is 26.2. The third kappa shape index (κ3) is 6.66. The Morgan fingerprint density at radius 1 is 0.956 bits per heavy atom. The first-order valence-electron chi connectivity index (χ1n) is 15.0. The Morgan fingerprint density at radius 3 is 2.29 bits per heavy atom. The Labute approximate surface area is 289 Å². The lowest BCUT2D eigenvalue weighted by Gasteiger charge is -2.41. The zero-order chi connectivity index (χ0) is 31.8. The summed E-state index contributed by atoms with van der Waals surface area (Å²) in [4.78, 5) is 29.3. The van der Waals surface area contributed by atoms with Crippen molar-refractivity contribution in [2.24, 2.45) is 0 Å². The number of hydrogen-bond acceptors (Lipinski definition) is 8. The number of ether oxygens (including phenoxy) is 2. The average molecular weight is 833 g/mol. The Hall–Kier alpha value is -2.92. The van der Waals surface area contributed by atoms with Crippen molar-refractivity contribution in [2.75, 3.05) is 33.4 Å². The number of halogens is 2. The third-order valence-corrected chi connectivity index (χ3v) is 11.2. The normalized spacial score (nSPS) is 20.7. The Kier molecular flexibility index (Phi) is 9.04. The first kappa shape index (κ1) is 32.0. The molecule has 1 aromatic heterocycles. The van der Waals surface area contributed by atoms with Gasteiger partial charge >= 0.3 is 0 Å². The van der Waals surface area contributed by atoms with Crippen molar-refractivity contribution in [1.29, 1.82) is 10.5 Å². The molecule has 3 aliphatic rings. The lowest BCUT2D eigenvalue weighted by molar-refractivity contribution is -0.129. The quantitative estimate of drug-likeness (QED) is 0.215.